The van der Waals surface area contributed by atoms with Gasteiger partial charge in [0, 0.05) is 5.56 Å². The summed E-state index contributed by atoms with van der Waals surface area (Å²) in [4.78, 5) is 19.2. The van der Waals surface area contributed by atoms with Gasteiger partial charge in [0.05, 0.1) is 10.9 Å². The first-order valence-corrected chi connectivity index (χ1v) is 6.54. The third-order valence-electron chi connectivity index (χ3n) is 2.83. The Morgan fingerprint density at radius 1 is 1.05 bits per heavy atom. The van der Waals surface area contributed by atoms with Gasteiger partial charge in [0.1, 0.15) is 11.6 Å². The number of nitrogens with zero attached hydrogens (tertiary/aromatic N) is 1. The van der Waals surface area contributed by atoms with E-state index >= 15 is 0 Å². The van der Waals surface area contributed by atoms with Crippen LogP contribution in [0.25, 0.3) is 22.3 Å². The van der Waals surface area contributed by atoms with Crippen LogP contribution in [0.15, 0.2) is 53.3 Å². The van der Waals surface area contributed by atoms with E-state index in [2.05, 4.69) is 9.97 Å². The summed E-state index contributed by atoms with van der Waals surface area (Å²) in [5.74, 6) is 1.32. The summed E-state index contributed by atoms with van der Waals surface area (Å²) in [5.41, 5.74) is 1.41. The molecule has 0 bridgehead atoms. The predicted octanol–water partition coefficient (Wildman–Crippen LogP) is 3.32. The molecule has 0 aliphatic carbocycles. The average Bonchev–Trinajstić information content (AvgIpc) is 2.47. The molecular formula is C14H9IN2O2. The van der Waals surface area contributed by atoms with E-state index in [0.29, 0.717) is 16.7 Å². The van der Waals surface area contributed by atoms with Crippen LogP contribution in [0.1, 0.15) is 0 Å². The van der Waals surface area contributed by atoms with Gasteiger partial charge in [0.2, 0.25) is 0 Å². The summed E-state index contributed by atoms with van der Waals surface area (Å²) in [6.45, 7) is 0. The predicted molar refractivity (Wildman–Crippen MR) is 82.4 cm³/mol. The van der Waals surface area contributed by atoms with Crippen molar-refractivity contribution in [3.8, 4) is 17.1 Å². The van der Waals surface area contributed by atoms with Gasteiger partial charge in [-0.25, -0.2) is 4.98 Å². The zero-order chi connectivity index (χ0) is 13.2. The third-order valence-corrected chi connectivity index (χ3v) is 3.34. The number of H-pyrrole nitrogens is 1. The lowest BCUT2D eigenvalue weighted by atomic mass is 10.2. The van der Waals surface area contributed by atoms with E-state index in [0.717, 1.165) is 11.3 Å². The fourth-order valence-electron chi connectivity index (χ4n) is 1.89. The number of para-hydroxylation sites is 1. The van der Waals surface area contributed by atoms with Crippen molar-refractivity contribution in [1.29, 1.82) is 0 Å². The van der Waals surface area contributed by atoms with Crippen molar-refractivity contribution < 1.29 is 3.07 Å². The van der Waals surface area contributed by atoms with Crippen LogP contribution >= 0.6 is 23.0 Å². The number of hydrogen-bond acceptors (Lipinski definition) is 3. The average molecular weight is 364 g/mol. The van der Waals surface area contributed by atoms with E-state index in [1.54, 1.807) is 6.07 Å². The van der Waals surface area contributed by atoms with Crippen LogP contribution in [-0.4, -0.2) is 9.97 Å². The molecule has 0 amide bonds. The zero-order valence-corrected chi connectivity index (χ0v) is 11.9. The second-order valence-corrected chi connectivity index (χ2v) is 4.47. The Bertz CT molecular complexity index is 781. The molecule has 4 nitrogen and oxygen atoms in total. The second-order valence-electron chi connectivity index (χ2n) is 4.03. The van der Waals surface area contributed by atoms with E-state index in [4.69, 9.17) is 3.07 Å². The van der Waals surface area contributed by atoms with Crippen molar-refractivity contribution in [2.45, 2.75) is 0 Å². The third kappa shape index (κ3) is 2.33. The van der Waals surface area contributed by atoms with E-state index < -0.39 is 0 Å². The molecule has 0 unspecified atom stereocenters. The first-order chi connectivity index (χ1) is 9.28. The number of hydrogen-bond donors (Lipinski definition) is 1. The number of nitrogens with one attached hydrogen (secondary N) is 1. The van der Waals surface area contributed by atoms with Gasteiger partial charge in [-0.2, -0.15) is 0 Å². The van der Waals surface area contributed by atoms with Crippen molar-refractivity contribution in [2.75, 3.05) is 0 Å². The van der Waals surface area contributed by atoms with Crippen LogP contribution in [0.2, 0.25) is 0 Å². The molecule has 1 heterocycles. The monoisotopic (exact) mass is 364 g/mol. The molecule has 5 heteroatoms. The van der Waals surface area contributed by atoms with Gasteiger partial charge in [-0.1, -0.05) is 12.1 Å². The Balaban J connectivity index is 2.16. The molecule has 0 saturated carbocycles. The molecule has 0 atom stereocenters. The normalized spacial score (nSPS) is 10.6. The Morgan fingerprint density at radius 2 is 1.79 bits per heavy atom. The molecule has 0 fully saturated rings. The molecule has 0 aliphatic heterocycles. The van der Waals surface area contributed by atoms with Crippen molar-refractivity contribution >= 4 is 33.9 Å². The van der Waals surface area contributed by atoms with E-state index in [1.807, 2.05) is 65.5 Å². The summed E-state index contributed by atoms with van der Waals surface area (Å²) in [5, 5.41) is 0.596. The smallest absolute Gasteiger partial charge is 0.259 e. The molecule has 19 heavy (non-hydrogen) atoms. The van der Waals surface area contributed by atoms with Crippen molar-refractivity contribution in [3.05, 3.63) is 58.9 Å². The minimum Gasteiger partial charge on any atom is -0.428 e. The Morgan fingerprint density at radius 3 is 2.53 bits per heavy atom. The molecule has 0 spiro atoms. The Hall–Kier alpha value is -1.89. The standard InChI is InChI=1S/C14H9IN2O2/c15-19-10-7-5-9(6-8-10)13-16-12-4-2-1-3-11(12)14(18)17-13/h1-8H,(H,16,17,18). The fraction of sp³-hybridized carbons (Fsp3) is 0. The molecule has 0 aliphatic rings. The second kappa shape index (κ2) is 5.00. The highest BCUT2D eigenvalue weighted by atomic mass is 127. The SMILES string of the molecule is O=c1[nH]c(-c2ccc(OI)cc2)nc2ccccc12. The summed E-state index contributed by atoms with van der Waals surface area (Å²) < 4.78 is 5.08. The summed E-state index contributed by atoms with van der Waals surface area (Å²) in [6, 6.07) is 14.7. The highest BCUT2D eigenvalue weighted by Crippen LogP contribution is 2.20. The number of rotatable bonds is 2. The maximum atomic E-state index is 12.0. The van der Waals surface area contributed by atoms with Gasteiger partial charge >= 0.3 is 0 Å². The van der Waals surface area contributed by atoms with Crippen LogP contribution in [0.4, 0.5) is 0 Å². The molecule has 3 rings (SSSR count). The Kier molecular flexibility index (Phi) is 3.20. The van der Waals surface area contributed by atoms with Crippen LogP contribution in [-0.2, 0) is 0 Å². The lowest BCUT2D eigenvalue weighted by molar-refractivity contribution is 0.717. The molecule has 2 aromatic carbocycles. The fourth-order valence-corrected chi connectivity index (χ4v) is 2.18. The van der Waals surface area contributed by atoms with E-state index in [9.17, 15) is 4.79 Å². The number of aromatic amines is 1. The van der Waals surface area contributed by atoms with Crippen LogP contribution in [0, 0.1) is 0 Å². The summed E-state index contributed by atoms with van der Waals surface area (Å²) >= 11 is 1.82. The maximum Gasteiger partial charge on any atom is 0.259 e. The summed E-state index contributed by atoms with van der Waals surface area (Å²) in [7, 11) is 0. The highest BCUT2D eigenvalue weighted by Gasteiger charge is 2.05. The molecule has 1 N–H and O–H groups in total. The maximum absolute atomic E-state index is 12.0. The molecule has 0 saturated heterocycles. The first kappa shape index (κ1) is 12.2. The van der Waals surface area contributed by atoms with Crippen LogP contribution < -0.4 is 8.63 Å². The minimum atomic E-state index is -0.130. The molecule has 94 valence electrons. The zero-order valence-electron chi connectivity index (χ0n) is 9.76. The highest BCUT2D eigenvalue weighted by molar-refractivity contribution is 14.1. The van der Waals surface area contributed by atoms with Crippen LogP contribution in [0.3, 0.4) is 0 Å². The van der Waals surface area contributed by atoms with Gasteiger partial charge in [-0.15, -0.1) is 0 Å². The van der Waals surface area contributed by atoms with Crippen molar-refractivity contribution in [2.24, 2.45) is 0 Å². The lowest BCUT2D eigenvalue weighted by Gasteiger charge is -2.03. The number of benzene rings is 2. The van der Waals surface area contributed by atoms with Gasteiger partial charge in [0.15, 0.2) is 23.0 Å². The van der Waals surface area contributed by atoms with Gasteiger partial charge in [0.25, 0.3) is 5.56 Å². The van der Waals surface area contributed by atoms with E-state index in [-0.39, 0.29) is 5.56 Å². The number of fused-ring (bicyclic) bond motifs is 1. The number of halogens is 1. The first-order valence-electron chi connectivity index (χ1n) is 5.66. The molecule has 3 aromatic rings. The molecule has 0 radical (unpaired) electrons. The molecule has 1 aromatic heterocycles. The summed E-state index contributed by atoms with van der Waals surface area (Å²) in [6.07, 6.45) is 0. The topological polar surface area (TPSA) is 55.0 Å². The quantitative estimate of drug-likeness (QED) is 0.710. The van der Waals surface area contributed by atoms with Crippen molar-refractivity contribution in [3.63, 3.8) is 0 Å². The van der Waals surface area contributed by atoms with Crippen LogP contribution in [0.5, 0.6) is 5.75 Å². The number of aromatic nitrogens is 2. The van der Waals surface area contributed by atoms with Gasteiger partial charge in [-0.3, -0.25) is 4.79 Å². The van der Waals surface area contributed by atoms with Gasteiger partial charge in [-0.05, 0) is 36.4 Å². The van der Waals surface area contributed by atoms with E-state index in [1.165, 1.54) is 0 Å². The van der Waals surface area contributed by atoms with Gasteiger partial charge < -0.3 is 8.05 Å². The Labute approximate surface area is 123 Å². The van der Waals surface area contributed by atoms with Crippen molar-refractivity contribution in [1.82, 2.24) is 9.97 Å². The molecular weight excluding hydrogens is 355 g/mol. The lowest BCUT2D eigenvalue weighted by Crippen LogP contribution is -2.09. The largest absolute Gasteiger partial charge is 0.428 e. The minimum absolute atomic E-state index is 0.130.